The molecule has 0 aliphatic heterocycles. The van der Waals surface area contributed by atoms with Crippen LogP contribution in [-0.4, -0.2) is 32.1 Å². The third kappa shape index (κ3) is 2.32. The fourth-order valence-electron chi connectivity index (χ4n) is 2.50. The summed E-state index contributed by atoms with van der Waals surface area (Å²) in [5.41, 5.74) is 0. The van der Waals surface area contributed by atoms with Gasteiger partial charge in [0.2, 0.25) is 0 Å². The lowest BCUT2D eigenvalue weighted by Gasteiger charge is -2.02. The van der Waals surface area contributed by atoms with E-state index in [0.717, 1.165) is 12.8 Å². The van der Waals surface area contributed by atoms with Gasteiger partial charge in [-0.2, -0.15) is 0 Å². The monoisotopic (exact) mass is 224 g/mol. The normalized spacial score (nSPS) is 31.8. The fourth-order valence-corrected chi connectivity index (χ4v) is 2.50. The standard InChI is InChI=1S/C12H16O4/c1-15-11(14)3-2-6-16-7-9-8-4-5-10(13)12(8)9/h2-3,8-9,12H,4-7H2,1H3/b3-2+. The Morgan fingerprint density at radius 1 is 1.56 bits per heavy atom. The molecule has 0 aromatic rings. The van der Waals surface area contributed by atoms with E-state index >= 15 is 0 Å². The van der Waals surface area contributed by atoms with Crippen LogP contribution < -0.4 is 0 Å². The van der Waals surface area contributed by atoms with Crippen molar-refractivity contribution in [3.63, 3.8) is 0 Å². The van der Waals surface area contributed by atoms with E-state index in [1.54, 1.807) is 6.08 Å². The summed E-state index contributed by atoms with van der Waals surface area (Å²) < 4.78 is 9.83. The predicted octanol–water partition coefficient (Wildman–Crippen LogP) is 0.957. The van der Waals surface area contributed by atoms with E-state index in [-0.39, 0.29) is 11.9 Å². The number of esters is 1. The van der Waals surface area contributed by atoms with Crippen molar-refractivity contribution >= 4 is 11.8 Å². The Morgan fingerprint density at radius 2 is 2.38 bits per heavy atom. The topological polar surface area (TPSA) is 52.6 Å². The van der Waals surface area contributed by atoms with Crippen molar-refractivity contribution in [3.05, 3.63) is 12.2 Å². The van der Waals surface area contributed by atoms with Crippen LogP contribution in [-0.2, 0) is 19.1 Å². The lowest BCUT2D eigenvalue weighted by molar-refractivity contribution is -0.134. The molecule has 2 aliphatic carbocycles. The molecule has 0 aromatic carbocycles. The average Bonchev–Trinajstić information content (AvgIpc) is 2.85. The molecule has 0 aromatic heterocycles. The molecular formula is C12H16O4. The van der Waals surface area contributed by atoms with E-state index in [0.29, 0.717) is 30.8 Å². The van der Waals surface area contributed by atoms with Gasteiger partial charge in [-0.05, 0) is 18.3 Å². The molecule has 0 amide bonds. The van der Waals surface area contributed by atoms with Crippen LogP contribution in [0.2, 0.25) is 0 Å². The highest BCUT2D eigenvalue weighted by Crippen LogP contribution is 2.55. The first-order valence-corrected chi connectivity index (χ1v) is 5.59. The fraction of sp³-hybridized carbons (Fsp3) is 0.667. The first-order valence-electron chi connectivity index (χ1n) is 5.59. The Labute approximate surface area is 94.6 Å². The smallest absolute Gasteiger partial charge is 0.330 e. The summed E-state index contributed by atoms with van der Waals surface area (Å²) in [7, 11) is 1.34. The molecule has 0 N–H and O–H groups in total. The molecule has 16 heavy (non-hydrogen) atoms. The number of rotatable bonds is 5. The van der Waals surface area contributed by atoms with Crippen molar-refractivity contribution in [2.45, 2.75) is 12.8 Å². The molecule has 4 heteroatoms. The van der Waals surface area contributed by atoms with Gasteiger partial charge in [0.1, 0.15) is 5.78 Å². The number of Topliss-reactive ketones (excluding diaryl/α,β-unsaturated/α-hetero) is 1. The molecule has 88 valence electrons. The van der Waals surface area contributed by atoms with Gasteiger partial charge in [-0.25, -0.2) is 4.79 Å². The largest absolute Gasteiger partial charge is 0.466 e. The van der Waals surface area contributed by atoms with E-state index in [4.69, 9.17) is 4.74 Å². The van der Waals surface area contributed by atoms with Crippen LogP contribution >= 0.6 is 0 Å². The van der Waals surface area contributed by atoms with E-state index in [9.17, 15) is 9.59 Å². The maximum atomic E-state index is 11.3. The molecule has 2 aliphatic rings. The third-order valence-electron chi connectivity index (χ3n) is 3.41. The molecule has 3 unspecified atom stereocenters. The van der Waals surface area contributed by atoms with E-state index < -0.39 is 0 Å². The van der Waals surface area contributed by atoms with Crippen LogP contribution in [0, 0.1) is 17.8 Å². The summed E-state index contributed by atoms with van der Waals surface area (Å²) in [5.74, 6) is 1.33. The minimum Gasteiger partial charge on any atom is -0.466 e. The van der Waals surface area contributed by atoms with Crippen molar-refractivity contribution in [1.29, 1.82) is 0 Å². The zero-order valence-corrected chi connectivity index (χ0v) is 9.35. The van der Waals surface area contributed by atoms with Gasteiger partial charge in [-0.3, -0.25) is 4.79 Å². The molecule has 0 saturated heterocycles. The van der Waals surface area contributed by atoms with Crippen LogP contribution in [0.25, 0.3) is 0 Å². The first-order chi connectivity index (χ1) is 7.74. The molecule has 2 saturated carbocycles. The number of carbonyl (C=O) groups is 2. The number of ether oxygens (including phenoxy) is 2. The van der Waals surface area contributed by atoms with Gasteiger partial charge >= 0.3 is 5.97 Å². The van der Waals surface area contributed by atoms with Crippen molar-refractivity contribution in [2.75, 3.05) is 20.3 Å². The second-order valence-corrected chi connectivity index (χ2v) is 4.32. The number of fused-ring (bicyclic) bond motifs is 1. The molecule has 4 nitrogen and oxygen atoms in total. The second-order valence-electron chi connectivity index (χ2n) is 4.32. The first kappa shape index (κ1) is 11.3. The summed E-state index contributed by atoms with van der Waals surface area (Å²) in [4.78, 5) is 22.0. The predicted molar refractivity (Wildman–Crippen MR) is 56.7 cm³/mol. The summed E-state index contributed by atoms with van der Waals surface area (Å²) >= 11 is 0. The summed E-state index contributed by atoms with van der Waals surface area (Å²) in [5, 5.41) is 0. The van der Waals surface area contributed by atoms with Gasteiger partial charge in [0.15, 0.2) is 0 Å². The molecule has 2 fully saturated rings. The highest BCUT2D eigenvalue weighted by atomic mass is 16.5. The molecule has 3 atom stereocenters. The molecule has 0 spiro atoms. The average molecular weight is 224 g/mol. The Kier molecular flexibility index (Phi) is 3.39. The quantitative estimate of drug-likeness (QED) is 0.396. The zero-order valence-electron chi connectivity index (χ0n) is 9.35. The summed E-state index contributed by atoms with van der Waals surface area (Å²) in [6.07, 6.45) is 4.77. The zero-order chi connectivity index (χ0) is 11.5. The molecule has 0 bridgehead atoms. The van der Waals surface area contributed by atoms with Gasteiger partial charge in [-0.1, -0.05) is 6.08 Å². The lowest BCUT2D eigenvalue weighted by Crippen LogP contribution is -2.06. The third-order valence-corrected chi connectivity index (χ3v) is 3.41. The number of ketones is 1. The highest BCUT2D eigenvalue weighted by molar-refractivity contribution is 5.87. The van der Waals surface area contributed by atoms with Crippen molar-refractivity contribution in [1.82, 2.24) is 0 Å². The SMILES string of the molecule is COC(=O)/C=C/COCC1C2CCC(=O)C21. The van der Waals surface area contributed by atoms with Crippen LogP contribution in [0.15, 0.2) is 12.2 Å². The number of hydrogen-bond acceptors (Lipinski definition) is 4. The van der Waals surface area contributed by atoms with Crippen molar-refractivity contribution in [2.24, 2.45) is 17.8 Å². The van der Waals surface area contributed by atoms with E-state index in [2.05, 4.69) is 4.74 Å². The van der Waals surface area contributed by atoms with E-state index in [1.807, 2.05) is 0 Å². The van der Waals surface area contributed by atoms with Crippen LogP contribution in [0.3, 0.4) is 0 Å². The van der Waals surface area contributed by atoms with Crippen molar-refractivity contribution < 1.29 is 19.1 Å². The molecule has 0 heterocycles. The minimum atomic E-state index is -0.373. The highest BCUT2D eigenvalue weighted by Gasteiger charge is 2.57. The van der Waals surface area contributed by atoms with Gasteiger partial charge < -0.3 is 9.47 Å². The number of methoxy groups -OCH3 is 1. The number of hydrogen-bond donors (Lipinski definition) is 0. The van der Waals surface area contributed by atoms with Crippen molar-refractivity contribution in [3.8, 4) is 0 Å². The Balaban J connectivity index is 1.59. The van der Waals surface area contributed by atoms with Gasteiger partial charge in [0.05, 0.1) is 20.3 Å². The maximum Gasteiger partial charge on any atom is 0.330 e. The van der Waals surface area contributed by atoms with Gasteiger partial charge in [-0.15, -0.1) is 0 Å². The van der Waals surface area contributed by atoms with E-state index in [1.165, 1.54) is 13.2 Å². The maximum absolute atomic E-state index is 11.3. The van der Waals surface area contributed by atoms with Crippen LogP contribution in [0.4, 0.5) is 0 Å². The Bertz CT molecular complexity index is 321. The Morgan fingerprint density at radius 3 is 3.00 bits per heavy atom. The minimum absolute atomic E-state index is 0.282. The van der Waals surface area contributed by atoms with Gasteiger partial charge in [0.25, 0.3) is 0 Å². The Hall–Kier alpha value is -1.16. The second kappa shape index (κ2) is 4.78. The molecule has 2 rings (SSSR count). The summed E-state index contributed by atoms with van der Waals surface area (Å²) in [6, 6.07) is 0. The molecular weight excluding hydrogens is 208 g/mol. The summed E-state index contributed by atoms with van der Waals surface area (Å²) in [6.45, 7) is 1.03. The van der Waals surface area contributed by atoms with Crippen LogP contribution in [0.1, 0.15) is 12.8 Å². The molecule has 0 radical (unpaired) electrons. The van der Waals surface area contributed by atoms with Crippen LogP contribution in [0.5, 0.6) is 0 Å². The van der Waals surface area contributed by atoms with Gasteiger partial charge in [0, 0.05) is 18.4 Å². The lowest BCUT2D eigenvalue weighted by atomic mass is 10.1. The number of carbonyl (C=O) groups excluding carboxylic acids is 2.